The molecule has 0 bridgehead atoms. The van der Waals surface area contributed by atoms with E-state index in [1.807, 2.05) is 12.1 Å². The summed E-state index contributed by atoms with van der Waals surface area (Å²) in [5.74, 6) is -1.29. The largest absolute Gasteiger partial charge is 0.300 e. The number of ketones is 2. The average molecular weight is 317 g/mol. The predicted octanol–water partition coefficient (Wildman–Crippen LogP) is 4.28. The number of halogens is 2. The summed E-state index contributed by atoms with van der Waals surface area (Å²) < 4.78 is 13.0. The summed E-state index contributed by atoms with van der Waals surface area (Å²) in [5, 5.41) is 0.616. The topological polar surface area (TPSA) is 34.1 Å². The van der Waals surface area contributed by atoms with Crippen LogP contribution >= 0.6 is 11.6 Å². The fourth-order valence-electron chi connectivity index (χ4n) is 3.05. The smallest absolute Gasteiger partial charge is 0.167 e. The molecule has 1 aliphatic rings. The minimum absolute atomic E-state index is 0.000381. The Hall–Kier alpha value is -2.00. The van der Waals surface area contributed by atoms with Gasteiger partial charge < -0.3 is 0 Å². The first-order valence-corrected chi connectivity index (χ1v) is 7.42. The van der Waals surface area contributed by atoms with Crippen molar-refractivity contribution in [1.82, 2.24) is 0 Å². The summed E-state index contributed by atoms with van der Waals surface area (Å²) in [6, 6.07) is 12.7. The van der Waals surface area contributed by atoms with Crippen LogP contribution in [-0.4, -0.2) is 11.6 Å². The summed E-state index contributed by atoms with van der Waals surface area (Å²) in [6.07, 6.45) is 0. The molecule has 4 heteroatoms. The molecular weight excluding hydrogens is 303 g/mol. The highest BCUT2D eigenvalue weighted by Crippen LogP contribution is 2.55. The first kappa shape index (κ1) is 14.9. The lowest BCUT2D eigenvalue weighted by molar-refractivity contribution is -0.118. The maximum absolute atomic E-state index is 13.0. The van der Waals surface area contributed by atoms with Gasteiger partial charge in [-0.3, -0.25) is 9.59 Å². The van der Waals surface area contributed by atoms with Gasteiger partial charge in [0.15, 0.2) is 5.78 Å². The van der Waals surface area contributed by atoms with E-state index in [1.165, 1.54) is 31.2 Å². The molecule has 0 aliphatic heterocycles. The van der Waals surface area contributed by atoms with Crippen molar-refractivity contribution in [2.75, 3.05) is 0 Å². The zero-order valence-corrected chi connectivity index (χ0v) is 12.7. The third kappa shape index (κ3) is 2.69. The van der Waals surface area contributed by atoms with Crippen LogP contribution in [0.25, 0.3) is 0 Å². The monoisotopic (exact) mass is 316 g/mol. The Balaban J connectivity index is 1.88. The van der Waals surface area contributed by atoms with Gasteiger partial charge in [0.05, 0.1) is 0 Å². The Kier molecular flexibility index (Phi) is 3.83. The van der Waals surface area contributed by atoms with Gasteiger partial charge in [0, 0.05) is 28.3 Å². The number of carbonyl (C=O) groups is 2. The minimum Gasteiger partial charge on any atom is -0.300 e. The second-order valence-electron chi connectivity index (χ2n) is 5.61. The summed E-state index contributed by atoms with van der Waals surface area (Å²) in [6.45, 7) is 1.51. The summed E-state index contributed by atoms with van der Waals surface area (Å²) in [4.78, 5) is 24.4. The lowest BCUT2D eigenvalue weighted by Crippen LogP contribution is -2.06. The molecule has 22 heavy (non-hydrogen) atoms. The number of hydrogen-bond acceptors (Lipinski definition) is 2. The quantitative estimate of drug-likeness (QED) is 0.789. The first-order valence-electron chi connectivity index (χ1n) is 7.04. The molecule has 2 aromatic rings. The van der Waals surface area contributed by atoms with Crippen molar-refractivity contribution in [1.29, 1.82) is 0 Å². The van der Waals surface area contributed by atoms with Crippen LogP contribution in [0.2, 0.25) is 5.02 Å². The van der Waals surface area contributed by atoms with Gasteiger partial charge in [-0.2, -0.15) is 0 Å². The van der Waals surface area contributed by atoms with Gasteiger partial charge in [-0.15, -0.1) is 0 Å². The second kappa shape index (κ2) is 5.65. The molecule has 0 saturated heterocycles. The Morgan fingerprint density at radius 1 is 0.955 bits per heavy atom. The molecule has 1 fully saturated rings. The standard InChI is InChI=1S/C18H14ClFO2/c1-10(21)15-16(11-2-6-13(19)7-3-11)17(15)18(22)12-4-8-14(20)9-5-12/h2-9,15-17H,1H3/t15-,16-,17-/m0/s1. The Morgan fingerprint density at radius 2 is 1.55 bits per heavy atom. The number of Topliss-reactive ketones (excluding diaryl/α,β-unsaturated/α-hetero) is 2. The van der Waals surface area contributed by atoms with E-state index in [9.17, 15) is 14.0 Å². The van der Waals surface area contributed by atoms with Crippen LogP contribution in [0.15, 0.2) is 48.5 Å². The zero-order chi connectivity index (χ0) is 15.9. The highest BCUT2D eigenvalue weighted by Gasteiger charge is 2.57. The molecule has 3 atom stereocenters. The van der Waals surface area contributed by atoms with E-state index in [4.69, 9.17) is 11.6 Å². The molecule has 3 rings (SSSR count). The average Bonchev–Trinajstić information content (AvgIpc) is 3.24. The molecule has 0 radical (unpaired) electrons. The molecule has 0 unspecified atom stereocenters. The number of benzene rings is 2. The van der Waals surface area contributed by atoms with Crippen molar-refractivity contribution < 1.29 is 14.0 Å². The van der Waals surface area contributed by atoms with Crippen molar-refractivity contribution in [2.45, 2.75) is 12.8 Å². The minimum atomic E-state index is -0.385. The molecular formula is C18H14ClFO2. The first-order chi connectivity index (χ1) is 10.5. The lowest BCUT2D eigenvalue weighted by atomic mass is 10.0. The third-order valence-electron chi connectivity index (χ3n) is 4.18. The maximum Gasteiger partial charge on any atom is 0.167 e. The molecule has 2 nitrogen and oxygen atoms in total. The Morgan fingerprint density at radius 3 is 2.09 bits per heavy atom. The molecule has 2 aromatic carbocycles. The van der Waals surface area contributed by atoms with Crippen LogP contribution in [0.4, 0.5) is 4.39 Å². The number of rotatable bonds is 4. The lowest BCUT2D eigenvalue weighted by Gasteiger charge is -2.01. The number of hydrogen-bond donors (Lipinski definition) is 0. The van der Waals surface area contributed by atoms with E-state index in [0.717, 1.165) is 5.56 Å². The molecule has 0 N–H and O–H groups in total. The zero-order valence-electron chi connectivity index (χ0n) is 11.9. The Labute approximate surface area is 132 Å². The molecule has 0 heterocycles. The van der Waals surface area contributed by atoms with Crippen molar-refractivity contribution in [2.24, 2.45) is 11.8 Å². The summed E-state index contributed by atoms with van der Waals surface area (Å²) in [5.41, 5.74) is 1.37. The molecule has 0 amide bonds. The third-order valence-corrected chi connectivity index (χ3v) is 4.43. The van der Waals surface area contributed by atoms with Gasteiger partial charge in [-0.05, 0) is 48.9 Å². The van der Waals surface area contributed by atoms with Crippen molar-refractivity contribution >= 4 is 23.2 Å². The van der Waals surface area contributed by atoms with Gasteiger partial charge in [0.2, 0.25) is 0 Å². The van der Waals surface area contributed by atoms with Crippen molar-refractivity contribution in [3.05, 3.63) is 70.5 Å². The van der Waals surface area contributed by atoms with Crippen LogP contribution in [0.3, 0.4) is 0 Å². The van der Waals surface area contributed by atoms with Gasteiger partial charge >= 0.3 is 0 Å². The fraction of sp³-hybridized carbons (Fsp3) is 0.222. The van der Waals surface area contributed by atoms with E-state index in [-0.39, 0.29) is 35.1 Å². The van der Waals surface area contributed by atoms with Crippen LogP contribution in [-0.2, 0) is 4.79 Å². The molecule has 0 aromatic heterocycles. The maximum atomic E-state index is 13.0. The summed E-state index contributed by atoms with van der Waals surface area (Å²) in [7, 11) is 0. The van der Waals surface area contributed by atoms with Gasteiger partial charge in [-0.25, -0.2) is 4.39 Å². The SMILES string of the molecule is CC(=O)[C@@H]1[C@H](C(=O)c2ccc(F)cc2)[C@H]1c1ccc(Cl)cc1. The van der Waals surface area contributed by atoms with Crippen LogP contribution < -0.4 is 0 Å². The van der Waals surface area contributed by atoms with E-state index in [1.54, 1.807) is 12.1 Å². The molecule has 0 spiro atoms. The second-order valence-corrected chi connectivity index (χ2v) is 6.05. The van der Waals surface area contributed by atoms with E-state index in [0.29, 0.717) is 10.6 Å². The van der Waals surface area contributed by atoms with Gasteiger partial charge in [-0.1, -0.05) is 23.7 Å². The van der Waals surface area contributed by atoms with Crippen molar-refractivity contribution in [3.63, 3.8) is 0 Å². The fourth-order valence-corrected chi connectivity index (χ4v) is 3.18. The highest BCUT2D eigenvalue weighted by molar-refractivity contribution is 6.30. The van der Waals surface area contributed by atoms with E-state index >= 15 is 0 Å². The molecule has 1 aliphatic carbocycles. The summed E-state index contributed by atoms with van der Waals surface area (Å²) >= 11 is 5.88. The van der Waals surface area contributed by atoms with Gasteiger partial charge in [0.25, 0.3) is 0 Å². The normalized spacial score (nSPS) is 23.1. The number of carbonyl (C=O) groups excluding carboxylic acids is 2. The van der Waals surface area contributed by atoms with Gasteiger partial charge in [0.1, 0.15) is 11.6 Å². The van der Waals surface area contributed by atoms with E-state index < -0.39 is 0 Å². The Bertz CT molecular complexity index is 722. The highest BCUT2D eigenvalue weighted by atomic mass is 35.5. The molecule has 112 valence electrons. The van der Waals surface area contributed by atoms with E-state index in [2.05, 4.69) is 0 Å². The van der Waals surface area contributed by atoms with Crippen LogP contribution in [0.5, 0.6) is 0 Å². The van der Waals surface area contributed by atoms with Crippen LogP contribution in [0.1, 0.15) is 28.8 Å². The predicted molar refractivity (Wildman–Crippen MR) is 82.6 cm³/mol. The van der Waals surface area contributed by atoms with Crippen molar-refractivity contribution in [3.8, 4) is 0 Å². The van der Waals surface area contributed by atoms with Crippen LogP contribution in [0, 0.1) is 17.7 Å². The molecule has 1 saturated carbocycles.